The van der Waals surface area contributed by atoms with Crippen LogP contribution in [0, 0.1) is 0 Å². The van der Waals surface area contributed by atoms with E-state index in [1.165, 1.54) is 12.1 Å². The van der Waals surface area contributed by atoms with Gasteiger partial charge in [0.25, 0.3) is 0 Å². The predicted octanol–water partition coefficient (Wildman–Crippen LogP) is 2.75. The fourth-order valence-electron chi connectivity index (χ4n) is 2.06. The first-order valence-electron chi connectivity index (χ1n) is 5.77. The van der Waals surface area contributed by atoms with Gasteiger partial charge in [0.05, 0.1) is 10.9 Å². The number of hydrogen-bond donors (Lipinski definition) is 2. The largest absolute Gasteiger partial charge is 0.508 e. The van der Waals surface area contributed by atoms with Crippen molar-refractivity contribution in [1.29, 1.82) is 0 Å². The lowest BCUT2D eigenvalue weighted by Crippen LogP contribution is -2.08. The Morgan fingerprint density at radius 3 is 2.42 bits per heavy atom. The van der Waals surface area contributed by atoms with Crippen LogP contribution >= 0.6 is 0 Å². The van der Waals surface area contributed by atoms with Gasteiger partial charge in [0.15, 0.2) is 0 Å². The Hall–Kier alpha value is -2.75. The van der Waals surface area contributed by atoms with Gasteiger partial charge in [0, 0.05) is 0 Å². The second-order valence-corrected chi connectivity index (χ2v) is 4.21. The van der Waals surface area contributed by atoms with Gasteiger partial charge >= 0.3 is 0 Å². The number of nitrogens with two attached hydrogens (primary N) is 1. The number of phenols is 1. The first-order chi connectivity index (χ1) is 9.16. The standard InChI is InChI=1S/C15H11NO3/c16-15-13(9-5-7-10(17)8-6-9)14(18)11-3-1-2-4-12(11)19-15/h1-8,17H,16H2. The number of nitrogen functional groups attached to an aromatic ring is 1. The molecule has 1 aromatic heterocycles. The number of benzene rings is 2. The molecule has 0 amide bonds. The van der Waals surface area contributed by atoms with Gasteiger partial charge in [0.1, 0.15) is 11.3 Å². The second kappa shape index (κ2) is 4.17. The topological polar surface area (TPSA) is 76.5 Å². The minimum atomic E-state index is -0.176. The van der Waals surface area contributed by atoms with E-state index in [0.29, 0.717) is 22.1 Å². The van der Waals surface area contributed by atoms with Crippen LogP contribution in [0.25, 0.3) is 22.1 Å². The van der Waals surface area contributed by atoms with E-state index < -0.39 is 0 Å². The van der Waals surface area contributed by atoms with Crippen LogP contribution in [0.15, 0.2) is 57.7 Å². The normalized spacial score (nSPS) is 10.7. The molecule has 0 unspecified atom stereocenters. The molecule has 0 aliphatic heterocycles. The predicted molar refractivity (Wildman–Crippen MR) is 74.0 cm³/mol. The quantitative estimate of drug-likeness (QED) is 0.699. The third kappa shape index (κ3) is 1.83. The Morgan fingerprint density at radius 1 is 1.00 bits per heavy atom. The van der Waals surface area contributed by atoms with Gasteiger partial charge < -0.3 is 15.3 Å². The average molecular weight is 253 g/mol. The number of hydrogen-bond acceptors (Lipinski definition) is 4. The molecule has 3 aromatic rings. The molecule has 0 fully saturated rings. The van der Waals surface area contributed by atoms with Crippen molar-refractivity contribution in [2.24, 2.45) is 0 Å². The minimum Gasteiger partial charge on any atom is -0.508 e. The summed E-state index contributed by atoms with van der Waals surface area (Å²) in [6.07, 6.45) is 0. The summed E-state index contributed by atoms with van der Waals surface area (Å²) in [4.78, 5) is 12.4. The zero-order valence-electron chi connectivity index (χ0n) is 9.96. The van der Waals surface area contributed by atoms with E-state index in [1.54, 1.807) is 36.4 Å². The Morgan fingerprint density at radius 2 is 1.68 bits per heavy atom. The highest BCUT2D eigenvalue weighted by molar-refractivity contribution is 5.86. The van der Waals surface area contributed by atoms with Crippen molar-refractivity contribution < 1.29 is 9.52 Å². The fraction of sp³-hybridized carbons (Fsp3) is 0. The maximum Gasteiger partial charge on any atom is 0.202 e. The van der Waals surface area contributed by atoms with Gasteiger partial charge in [-0.3, -0.25) is 4.79 Å². The third-order valence-corrected chi connectivity index (χ3v) is 2.98. The molecule has 0 saturated carbocycles. The lowest BCUT2D eigenvalue weighted by molar-refractivity contribution is 0.475. The van der Waals surface area contributed by atoms with Gasteiger partial charge in [-0.1, -0.05) is 24.3 Å². The number of anilines is 1. The molecule has 0 aliphatic carbocycles. The van der Waals surface area contributed by atoms with Gasteiger partial charge in [-0.05, 0) is 29.8 Å². The first kappa shape index (κ1) is 11.3. The zero-order valence-corrected chi connectivity index (χ0v) is 9.96. The van der Waals surface area contributed by atoms with Crippen LogP contribution in [0.5, 0.6) is 5.75 Å². The molecule has 94 valence electrons. The maximum absolute atomic E-state index is 12.4. The molecule has 19 heavy (non-hydrogen) atoms. The van der Waals surface area contributed by atoms with E-state index in [-0.39, 0.29) is 17.1 Å². The van der Waals surface area contributed by atoms with Crippen molar-refractivity contribution in [3.05, 3.63) is 58.8 Å². The maximum atomic E-state index is 12.4. The van der Waals surface area contributed by atoms with Crippen molar-refractivity contribution >= 4 is 16.9 Å². The van der Waals surface area contributed by atoms with E-state index in [4.69, 9.17) is 10.2 Å². The molecule has 3 N–H and O–H groups in total. The molecule has 0 atom stereocenters. The highest BCUT2D eigenvalue weighted by Gasteiger charge is 2.13. The summed E-state index contributed by atoms with van der Waals surface area (Å²) in [7, 11) is 0. The van der Waals surface area contributed by atoms with Gasteiger partial charge in [-0.25, -0.2) is 0 Å². The number of fused-ring (bicyclic) bond motifs is 1. The molecule has 4 nitrogen and oxygen atoms in total. The molecule has 0 saturated heterocycles. The van der Waals surface area contributed by atoms with Crippen molar-refractivity contribution in [3.8, 4) is 16.9 Å². The summed E-state index contributed by atoms with van der Waals surface area (Å²) in [5, 5.41) is 9.77. The van der Waals surface area contributed by atoms with Crippen molar-refractivity contribution in [2.45, 2.75) is 0 Å². The molecular formula is C15H11NO3. The van der Waals surface area contributed by atoms with Crippen LogP contribution in [0.2, 0.25) is 0 Å². The highest BCUT2D eigenvalue weighted by atomic mass is 16.3. The van der Waals surface area contributed by atoms with E-state index in [9.17, 15) is 9.90 Å². The van der Waals surface area contributed by atoms with Gasteiger partial charge in [-0.15, -0.1) is 0 Å². The Labute approximate surface area is 108 Å². The van der Waals surface area contributed by atoms with Gasteiger partial charge in [0.2, 0.25) is 11.3 Å². The second-order valence-electron chi connectivity index (χ2n) is 4.21. The Kier molecular flexibility index (Phi) is 2.49. The third-order valence-electron chi connectivity index (χ3n) is 2.98. The van der Waals surface area contributed by atoms with Gasteiger partial charge in [-0.2, -0.15) is 0 Å². The van der Waals surface area contributed by atoms with Crippen molar-refractivity contribution in [3.63, 3.8) is 0 Å². The molecule has 0 aliphatic rings. The number of rotatable bonds is 1. The van der Waals surface area contributed by atoms with E-state index in [2.05, 4.69) is 0 Å². The molecule has 0 spiro atoms. The summed E-state index contributed by atoms with van der Waals surface area (Å²) in [5.41, 5.74) is 7.06. The highest BCUT2D eigenvalue weighted by Crippen LogP contribution is 2.27. The summed E-state index contributed by atoms with van der Waals surface area (Å²) >= 11 is 0. The number of phenolic OH excluding ortho intramolecular Hbond substituents is 1. The lowest BCUT2D eigenvalue weighted by Gasteiger charge is -2.06. The Bertz CT molecular complexity index is 804. The van der Waals surface area contributed by atoms with Crippen molar-refractivity contribution in [1.82, 2.24) is 0 Å². The minimum absolute atomic E-state index is 0.0781. The van der Waals surface area contributed by atoms with Crippen molar-refractivity contribution in [2.75, 3.05) is 5.73 Å². The summed E-state index contributed by atoms with van der Waals surface area (Å²) in [6, 6.07) is 13.2. The van der Waals surface area contributed by atoms with Crippen LogP contribution < -0.4 is 11.2 Å². The SMILES string of the molecule is Nc1oc2ccccc2c(=O)c1-c1ccc(O)cc1. The number of aromatic hydroxyl groups is 1. The van der Waals surface area contributed by atoms with E-state index in [1.807, 2.05) is 0 Å². The first-order valence-corrected chi connectivity index (χ1v) is 5.77. The van der Waals surface area contributed by atoms with Crippen LogP contribution in [-0.2, 0) is 0 Å². The molecule has 0 bridgehead atoms. The molecule has 0 radical (unpaired) electrons. The van der Waals surface area contributed by atoms with E-state index in [0.717, 1.165) is 0 Å². The molecule has 3 rings (SSSR count). The molecular weight excluding hydrogens is 242 g/mol. The lowest BCUT2D eigenvalue weighted by atomic mass is 10.0. The zero-order chi connectivity index (χ0) is 13.4. The van der Waals surface area contributed by atoms with Crippen LogP contribution in [-0.4, -0.2) is 5.11 Å². The Balaban J connectivity index is 2.35. The molecule has 4 heteroatoms. The summed E-state index contributed by atoms with van der Waals surface area (Å²) in [6.45, 7) is 0. The average Bonchev–Trinajstić information content (AvgIpc) is 2.41. The fourth-order valence-corrected chi connectivity index (χ4v) is 2.06. The number of para-hydroxylation sites is 1. The summed E-state index contributed by atoms with van der Waals surface area (Å²) in [5.74, 6) is 0.210. The monoisotopic (exact) mass is 253 g/mol. The smallest absolute Gasteiger partial charge is 0.202 e. The molecule has 1 heterocycles. The van der Waals surface area contributed by atoms with Crippen LogP contribution in [0.3, 0.4) is 0 Å². The van der Waals surface area contributed by atoms with Crippen LogP contribution in [0.4, 0.5) is 5.88 Å². The van der Waals surface area contributed by atoms with Crippen LogP contribution in [0.1, 0.15) is 0 Å². The molecule has 2 aromatic carbocycles. The van der Waals surface area contributed by atoms with E-state index >= 15 is 0 Å². The summed E-state index contributed by atoms with van der Waals surface area (Å²) < 4.78 is 5.47.